The van der Waals surface area contributed by atoms with Crippen LogP contribution in [-0.4, -0.2) is 17.0 Å². The van der Waals surface area contributed by atoms with Gasteiger partial charge < -0.3 is 10.4 Å². The predicted molar refractivity (Wildman–Crippen MR) is 75.8 cm³/mol. The fourth-order valence-corrected chi connectivity index (χ4v) is 2.78. The molecule has 4 nitrogen and oxygen atoms in total. The lowest BCUT2D eigenvalue weighted by Crippen LogP contribution is -2.08. The monoisotopic (exact) mass is 275 g/mol. The molecular weight excluding hydrogens is 262 g/mol. The van der Waals surface area contributed by atoms with Crippen LogP contribution >= 0.6 is 11.3 Å². The molecule has 2 aromatic rings. The summed E-state index contributed by atoms with van der Waals surface area (Å²) in [4.78, 5) is 22.5. The van der Waals surface area contributed by atoms with Gasteiger partial charge in [0.15, 0.2) is 0 Å². The number of anilines is 1. The second kappa shape index (κ2) is 5.24. The van der Waals surface area contributed by atoms with Gasteiger partial charge in [0.2, 0.25) is 5.91 Å². The summed E-state index contributed by atoms with van der Waals surface area (Å²) < 4.78 is 0. The molecule has 0 bridgehead atoms. The van der Waals surface area contributed by atoms with E-state index in [-0.39, 0.29) is 11.5 Å². The Morgan fingerprint density at radius 1 is 1.21 bits per heavy atom. The maximum Gasteiger partial charge on any atom is 0.339 e. The number of aryl methyl sites for hydroxylation is 1. The summed E-state index contributed by atoms with van der Waals surface area (Å²) in [5.74, 6) is -1.32. The molecule has 0 atom stereocenters. The minimum atomic E-state index is -1.04. The van der Waals surface area contributed by atoms with E-state index in [1.165, 1.54) is 18.3 Å². The SMILES string of the molecule is CC(=O)Nc1scc(-c2ccc(C)cc2)c1C(=O)O. The van der Waals surface area contributed by atoms with E-state index >= 15 is 0 Å². The van der Waals surface area contributed by atoms with E-state index in [0.29, 0.717) is 10.6 Å². The minimum Gasteiger partial charge on any atom is -0.478 e. The molecule has 0 aliphatic rings. The molecule has 0 fully saturated rings. The first-order chi connectivity index (χ1) is 8.99. The number of rotatable bonds is 3. The summed E-state index contributed by atoms with van der Waals surface area (Å²) in [6.45, 7) is 3.33. The van der Waals surface area contributed by atoms with Gasteiger partial charge in [-0.05, 0) is 12.5 Å². The molecule has 1 aromatic heterocycles. The van der Waals surface area contributed by atoms with Crippen LogP contribution in [0.25, 0.3) is 11.1 Å². The number of hydrogen-bond donors (Lipinski definition) is 2. The van der Waals surface area contributed by atoms with Crippen LogP contribution in [-0.2, 0) is 4.79 Å². The van der Waals surface area contributed by atoms with Crippen molar-refractivity contribution >= 4 is 28.2 Å². The van der Waals surface area contributed by atoms with E-state index in [9.17, 15) is 14.7 Å². The van der Waals surface area contributed by atoms with Crippen molar-refractivity contribution in [3.05, 3.63) is 40.8 Å². The Hall–Kier alpha value is -2.14. The van der Waals surface area contributed by atoms with E-state index in [4.69, 9.17) is 0 Å². The second-order valence-corrected chi connectivity index (χ2v) is 5.09. The van der Waals surface area contributed by atoms with Gasteiger partial charge in [0.25, 0.3) is 0 Å². The van der Waals surface area contributed by atoms with E-state index in [1.807, 2.05) is 31.2 Å². The highest BCUT2D eigenvalue weighted by Gasteiger charge is 2.20. The third-order valence-corrected chi connectivity index (χ3v) is 3.55. The van der Waals surface area contributed by atoms with E-state index in [0.717, 1.165) is 11.1 Å². The number of thiophene rings is 1. The Morgan fingerprint density at radius 3 is 2.37 bits per heavy atom. The molecule has 0 aliphatic carbocycles. The maximum absolute atomic E-state index is 11.4. The maximum atomic E-state index is 11.4. The molecule has 2 rings (SSSR count). The van der Waals surface area contributed by atoms with Gasteiger partial charge in [-0.15, -0.1) is 11.3 Å². The first kappa shape index (κ1) is 13.3. The molecule has 19 heavy (non-hydrogen) atoms. The molecule has 1 heterocycles. The lowest BCUT2D eigenvalue weighted by atomic mass is 10.0. The first-order valence-electron chi connectivity index (χ1n) is 5.68. The van der Waals surface area contributed by atoms with Gasteiger partial charge >= 0.3 is 5.97 Å². The van der Waals surface area contributed by atoms with Gasteiger partial charge in [-0.2, -0.15) is 0 Å². The Bertz CT molecular complexity index is 629. The summed E-state index contributed by atoms with van der Waals surface area (Å²) in [7, 11) is 0. The molecule has 0 spiro atoms. The molecule has 5 heteroatoms. The number of carbonyl (C=O) groups is 2. The second-order valence-electron chi connectivity index (χ2n) is 4.21. The van der Waals surface area contributed by atoms with E-state index < -0.39 is 5.97 Å². The van der Waals surface area contributed by atoms with Crippen LogP contribution in [0, 0.1) is 6.92 Å². The van der Waals surface area contributed by atoms with Crippen molar-refractivity contribution in [3.8, 4) is 11.1 Å². The van der Waals surface area contributed by atoms with Gasteiger partial charge in [0.05, 0.1) is 0 Å². The highest BCUT2D eigenvalue weighted by atomic mass is 32.1. The zero-order valence-corrected chi connectivity index (χ0v) is 11.4. The zero-order valence-electron chi connectivity index (χ0n) is 10.6. The van der Waals surface area contributed by atoms with Crippen LogP contribution in [0.1, 0.15) is 22.8 Å². The smallest absolute Gasteiger partial charge is 0.339 e. The average Bonchev–Trinajstić information content (AvgIpc) is 2.73. The highest BCUT2D eigenvalue weighted by molar-refractivity contribution is 7.15. The summed E-state index contributed by atoms with van der Waals surface area (Å²) in [6, 6.07) is 7.61. The number of benzene rings is 1. The Labute approximate surface area is 114 Å². The summed E-state index contributed by atoms with van der Waals surface area (Å²) in [5.41, 5.74) is 2.71. The Kier molecular flexibility index (Phi) is 3.66. The van der Waals surface area contributed by atoms with Crippen LogP contribution in [0.4, 0.5) is 5.00 Å². The molecule has 0 radical (unpaired) electrons. The van der Waals surface area contributed by atoms with Crippen molar-refractivity contribution in [1.82, 2.24) is 0 Å². The number of aromatic carboxylic acids is 1. The third kappa shape index (κ3) is 2.82. The van der Waals surface area contributed by atoms with Crippen LogP contribution in [0.15, 0.2) is 29.6 Å². The Morgan fingerprint density at radius 2 is 1.84 bits per heavy atom. The average molecular weight is 275 g/mol. The molecule has 98 valence electrons. The van der Waals surface area contributed by atoms with E-state index in [2.05, 4.69) is 5.32 Å². The summed E-state index contributed by atoms with van der Waals surface area (Å²) in [5, 5.41) is 14.0. The molecule has 0 saturated heterocycles. The molecule has 0 unspecified atom stereocenters. The van der Waals surface area contributed by atoms with Gasteiger partial charge in [-0.1, -0.05) is 29.8 Å². The van der Waals surface area contributed by atoms with Crippen LogP contribution in [0.2, 0.25) is 0 Å². The zero-order chi connectivity index (χ0) is 14.0. The lowest BCUT2D eigenvalue weighted by molar-refractivity contribution is -0.114. The number of nitrogens with one attached hydrogen (secondary N) is 1. The number of amides is 1. The number of carbonyl (C=O) groups excluding carboxylic acids is 1. The van der Waals surface area contributed by atoms with Crippen LogP contribution < -0.4 is 5.32 Å². The van der Waals surface area contributed by atoms with Crippen molar-refractivity contribution < 1.29 is 14.7 Å². The number of carboxylic acids is 1. The molecule has 0 saturated carbocycles. The molecule has 1 amide bonds. The standard InChI is InChI=1S/C14H13NO3S/c1-8-3-5-10(6-4-8)11-7-19-13(15-9(2)16)12(11)14(17)18/h3-7H,1-2H3,(H,15,16)(H,17,18). The first-order valence-corrected chi connectivity index (χ1v) is 6.56. The highest BCUT2D eigenvalue weighted by Crippen LogP contribution is 2.35. The lowest BCUT2D eigenvalue weighted by Gasteiger charge is -2.04. The minimum absolute atomic E-state index is 0.143. The van der Waals surface area contributed by atoms with Crippen molar-refractivity contribution in [3.63, 3.8) is 0 Å². The topological polar surface area (TPSA) is 66.4 Å². The van der Waals surface area contributed by atoms with Gasteiger partial charge in [-0.25, -0.2) is 4.79 Å². The summed E-state index contributed by atoms with van der Waals surface area (Å²) in [6.07, 6.45) is 0. The van der Waals surface area contributed by atoms with Gasteiger partial charge in [-0.3, -0.25) is 4.79 Å². The predicted octanol–water partition coefficient (Wildman–Crippen LogP) is 3.38. The van der Waals surface area contributed by atoms with Crippen molar-refractivity contribution in [2.75, 3.05) is 5.32 Å². The van der Waals surface area contributed by atoms with E-state index in [1.54, 1.807) is 5.38 Å². The van der Waals surface area contributed by atoms with Gasteiger partial charge in [0.1, 0.15) is 10.6 Å². The van der Waals surface area contributed by atoms with Gasteiger partial charge in [0, 0.05) is 17.9 Å². The fraction of sp³-hybridized carbons (Fsp3) is 0.143. The largest absolute Gasteiger partial charge is 0.478 e. The van der Waals surface area contributed by atoms with Crippen molar-refractivity contribution in [2.24, 2.45) is 0 Å². The molecule has 2 N–H and O–H groups in total. The number of carboxylic acid groups (broad SMARTS) is 1. The number of hydrogen-bond acceptors (Lipinski definition) is 3. The normalized spacial score (nSPS) is 10.2. The quantitative estimate of drug-likeness (QED) is 0.902. The molecular formula is C14H13NO3S. The Balaban J connectivity index is 2.51. The van der Waals surface area contributed by atoms with Crippen LogP contribution in [0.5, 0.6) is 0 Å². The fourth-order valence-electron chi connectivity index (χ4n) is 1.77. The van der Waals surface area contributed by atoms with Crippen molar-refractivity contribution in [1.29, 1.82) is 0 Å². The third-order valence-electron chi connectivity index (χ3n) is 2.66. The molecule has 0 aliphatic heterocycles. The van der Waals surface area contributed by atoms with Crippen molar-refractivity contribution in [2.45, 2.75) is 13.8 Å². The summed E-state index contributed by atoms with van der Waals surface area (Å²) >= 11 is 1.22. The molecule has 1 aromatic carbocycles. The van der Waals surface area contributed by atoms with Crippen LogP contribution in [0.3, 0.4) is 0 Å².